The van der Waals surface area contributed by atoms with Crippen LogP contribution in [-0.2, 0) is 0 Å². The van der Waals surface area contributed by atoms with Crippen LogP contribution in [0.25, 0.3) is 11.1 Å². The van der Waals surface area contributed by atoms with Crippen LogP contribution in [0.15, 0.2) is 42.7 Å². The lowest BCUT2D eigenvalue weighted by Crippen LogP contribution is -1.73. The maximum Gasteiger partial charge on any atom is 0.0484 e. The summed E-state index contributed by atoms with van der Waals surface area (Å²) in [7, 11) is 0. The largest absolute Gasteiger partial charge is 0.367 e. The third-order valence-electron chi connectivity index (χ3n) is 1.78. The lowest BCUT2D eigenvalue weighted by Gasteiger charge is -1.98. The van der Waals surface area contributed by atoms with Crippen molar-refractivity contribution in [1.29, 1.82) is 0 Å². The molecule has 0 saturated heterocycles. The zero-order valence-electron chi connectivity index (χ0n) is 6.42. The minimum Gasteiger partial charge on any atom is -0.367 e. The van der Waals surface area contributed by atoms with Crippen LogP contribution in [0, 0.1) is 0 Å². The first-order valence-corrected chi connectivity index (χ1v) is 4.13. The van der Waals surface area contributed by atoms with Gasteiger partial charge in [0, 0.05) is 28.5 Å². The van der Waals surface area contributed by atoms with E-state index in [4.69, 9.17) is 11.6 Å². The second-order valence-corrected chi connectivity index (χ2v) is 2.99. The molecule has 1 heterocycles. The van der Waals surface area contributed by atoms with E-state index < -0.39 is 0 Å². The van der Waals surface area contributed by atoms with E-state index >= 15 is 0 Å². The zero-order chi connectivity index (χ0) is 8.39. The number of nitrogens with one attached hydrogen (secondary N) is 1. The minimum absolute atomic E-state index is 0.789. The molecule has 1 aromatic carbocycles. The van der Waals surface area contributed by atoms with Crippen LogP contribution < -0.4 is 0 Å². The van der Waals surface area contributed by atoms with Gasteiger partial charge in [-0.05, 0) is 12.1 Å². The van der Waals surface area contributed by atoms with Gasteiger partial charge in [-0.3, -0.25) is 0 Å². The van der Waals surface area contributed by atoms with Crippen molar-refractivity contribution in [3.63, 3.8) is 0 Å². The third kappa shape index (κ3) is 1.23. The van der Waals surface area contributed by atoms with Crippen LogP contribution in [0.3, 0.4) is 0 Å². The molecule has 2 aromatic rings. The molecular formula is C10H8ClN. The van der Waals surface area contributed by atoms with Crippen LogP contribution in [0.4, 0.5) is 0 Å². The van der Waals surface area contributed by atoms with E-state index in [1.807, 2.05) is 42.7 Å². The van der Waals surface area contributed by atoms with E-state index in [9.17, 15) is 0 Å². The lowest BCUT2D eigenvalue weighted by molar-refractivity contribution is 1.41. The predicted molar refractivity (Wildman–Crippen MR) is 51.2 cm³/mol. The number of benzene rings is 1. The molecule has 2 heteroatoms. The van der Waals surface area contributed by atoms with Crippen molar-refractivity contribution in [2.45, 2.75) is 0 Å². The van der Waals surface area contributed by atoms with Gasteiger partial charge >= 0.3 is 0 Å². The Kier molecular flexibility index (Phi) is 1.88. The van der Waals surface area contributed by atoms with Crippen molar-refractivity contribution >= 4 is 11.6 Å². The Morgan fingerprint density at radius 3 is 2.58 bits per heavy atom. The molecule has 1 aromatic heterocycles. The smallest absolute Gasteiger partial charge is 0.0484 e. The van der Waals surface area contributed by atoms with Gasteiger partial charge < -0.3 is 4.98 Å². The highest BCUT2D eigenvalue weighted by Crippen LogP contribution is 2.26. The van der Waals surface area contributed by atoms with Crippen molar-refractivity contribution in [2.24, 2.45) is 0 Å². The van der Waals surface area contributed by atoms with Crippen LogP contribution in [0.5, 0.6) is 0 Å². The van der Waals surface area contributed by atoms with Gasteiger partial charge in [0.15, 0.2) is 0 Å². The summed E-state index contributed by atoms with van der Waals surface area (Å²) in [6.45, 7) is 0. The van der Waals surface area contributed by atoms with Crippen LogP contribution in [0.2, 0.25) is 5.02 Å². The number of hydrogen-bond donors (Lipinski definition) is 1. The number of aromatic nitrogens is 1. The molecule has 0 bridgehead atoms. The fraction of sp³-hybridized carbons (Fsp3) is 0. The van der Waals surface area contributed by atoms with Crippen molar-refractivity contribution in [3.8, 4) is 11.1 Å². The average molecular weight is 178 g/mol. The second-order valence-electron chi connectivity index (χ2n) is 2.58. The van der Waals surface area contributed by atoms with Crippen LogP contribution >= 0.6 is 11.6 Å². The van der Waals surface area contributed by atoms with Gasteiger partial charge in [0.25, 0.3) is 0 Å². The average Bonchev–Trinajstić information content (AvgIpc) is 2.57. The Bertz CT molecular complexity index is 365. The van der Waals surface area contributed by atoms with E-state index in [1.54, 1.807) is 0 Å². The Hall–Kier alpha value is -1.21. The fourth-order valence-electron chi connectivity index (χ4n) is 1.19. The summed E-state index contributed by atoms with van der Waals surface area (Å²) < 4.78 is 0. The summed E-state index contributed by atoms with van der Waals surface area (Å²) in [6, 6.07) is 9.81. The first kappa shape index (κ1) is 7.44. The molecule has 0 radical (unpaired) electrons. The van der Waals surface area contributed by atoms with Gasteiger partial charge in [0.1, 0.15) is 0 Å². The van der Waals surface area contributed by atoms with Gasteiger partial charge in [-0.25, -0.2) is 0 Å². The fourth-order valence-corrected chi connectivity index (χ4v) is 1.43. The Labute approximate surface area is 76.0 Å². The third-order valence-corrected chi connectivity index (χ3v) is 2.11. The molecule has 60 valence electrons. The van der Waals surface area contributed by atoms with E-state index in [1.165, 1.54) is 0 Å². The predicted octanol–water partition coefficient (Wildman–Crippen LogP) is 3.34. The Morgan fingerprint density at radius 1 is 1.08 bits per heavy atom. The van der Waals surface area contributed by atoms with Gasteiger partial charge in [-0.2, -0.15) is 0 Å². The maximum absolute atomic E-state index is 6.00. The number of hydrogen-bond acceptors (Lipinski definition) is 0. The highest BCUT2D eigenvalue weighted by molar-refractivity contribution is 6.33. The molecule has 0 aliphatic carbocycles. The van der Waals surface area contributed by atoms with E-state index in [-0.39, 0.29) is 0 Å². The summed E-state index contributed by atoms with van der Waals surface area (Å²) >= 11 is 6.00. The SMILES string of the molecule is Clc1ccccc1-c1cc[nH]c1. The molecule has 12 heavy (non-hydrogen) atoms. The molecule has 0 spiro atoms. The number of aromatic amines is 1. The van der Waals surface area contributed by atoms with Gasteiger partial charge in [-0.1, -0.05) is 29.8 Å². The molecular weight excluding hydrogens is 170 g/mol. The number of halogens is 1. The highest BCUT2D eigenvalue weighted by Gasteiger charge is 2.00. The molecule has 2 rings (SSSR count). The molecule has 1 N–H and O–H groups in total. The monoisotopic (exact) mass is 177 g/mol. The normalized spacial score (nSPS) is 10.1. The summed E-state index contributed by atoms with van der Waals surface area (Å²) in [6.07, 6.45) is 3.82. The molecule has 0 aliphatic rings. The molecule has 0 unspecified atom stereocenters. The lowest BCUT2D eigenvalue weighted by atomic mass is 10.1. The maximum atomic E-state index is 6.00. The minimum atomic E-state index is 0.789. The van der Waals surface area contributed by atoms with Crippen molar-refractivity contribution in [3.05, 3.63) is 47.7 Å². The van der Waals surface area contributed by atoms with Gasteiger partial charge in [0.2, 0.25) is 0 Å². The summed E-state index contributed by atoms with van der Waals surface area (Å²) in [4.78, 5) is 3.00. The number of H-pyrrole nitrogens is 1. The topological polar surface area (TPSA) is 15.8 Å². The molecule has 0 atom stereocenters. The van der Waals surface area contributed by atoms with Gasteiger partial charge in [0.05, 0.1) is 0 Å². The standard InChI is InChI=1S/C10H8ClN/c11-10-4-2-1-3-9(10)8-5-6-12-7-8/h1-7,12H. The van der Waals surface area contributed by atoms with Gasteiger partial charge in [-0.15, -0.1) is 0 Å². The first-order chi connectivity index (χ1) is 5.88. The first-order valence-electron chi connectivity index (χ1n) is 3.75. The Balaban J connectivity index is 2.55. The van der Waals surface area contributed by atoms with E-state index in [2.05, 4.69) is 4.98 Å². The van der Waals surface area contributed by atoms with E-state index in [0.29, 0.717) is 0 Å². The van der Waals surface area contributed by atoms with Crippen molar-refractivity contribution in [1.82, 2.24) is 4.98 Å². The summed E-state index contributed by atoms with van der Waals surface area (Å²) in [5.74, 6) is 0. The van der Waals surface area contributed by atoms with Crippen molar-refractivity contribution in [2.75, 3.05) is 0 Å². The second kappa shape index (κ2) is 3.03. The molecule has 0 saturated carbocycles. The Morgan fingerprint density at radius 2 is 1.92 bits per heavy atom. The molecule has 1 nitrogen and oxygen atoms in total. The highest BCUT2D eigenvalue weighted by atomic mass is 35.5. The van der Waals surface area contributed by atoms with E-state index in [0.717, 1.165) is 16.1 Å². The molecule has 0 aliphatic heterocycles. The van der Waals surface area contributed by atoms with Crippen LogP contribution in [-0.4, -0.2) is 4.98 Å². The zero-order valence-corrected chi connectivity index (χ0v) is 7.18. The number of rotatable bonds is 1. The summed E-state index contributed by atoms with van der Waals surface area (Å²) in [5, 5.41) is 0.789. The van der Waals surface area contributed by atoms with Crippen molar-refractivity contribution < 1.29 is 0 Å². The molecule has 0 amide bonds. The molecule has 0 fully saturated rings. The quantitative estimate of drug-likeness (QED) is 0.688. The summed E-state index contributed by atoms with van der Waals surface area (Å²) in [5.41, 5.74) is 2.20. The van der Waals surface area contributed by atoms with Crippen LogP contribution in [0.1, 0.15) is 0 Å².